The second-order valence-corrected chi connectivity index (χ2v) is 6.73. The molecule has 3 aromatic rings. The molecule has 0 fully saturated rings. The number of hydrogen-bond acceptors (Lipinski definition) is 6. The molecule has 0 saturated heterocycles. The van der Waals surface area contributed by atoms with Gasteiger partial charge in [0.25, 0.3) is 5.56 Å². The number of thioether (sulfide) groups is 1. The molecular weight excluding hydrogens is 344 g/mol. The highest BCUT2D eigenvalue weighted by Crippen LogP contribution is 2.14. The quantitative estimate of drug-likeness (QED) is 0.759. The Bertz CT molecular complexity index is 987. The Morgan fingerprint density at radius 3 is 3.12 bits per heavy atom. The van der Waals surface area contributed by atoms with Crippen molar-refractivity contribution in [1.29, 1.82) is 5.26 Å². The summed E-state index contributed by atoms with van der Waals surface area (Å²) in [5.41, 5.74) is 1.63. The van der Waals surface area contributed by atoms with Gasteiger partial charge in [-0.1, -0.05) is 6.07 Å². The first-order valence-corrected chi connectivity index (χ1v) is 9.03. The lowest BCUT2D eigenvalue weighted by atomic mass is 10.2. The Hall–Kier alpha value is -2.63. The van der Waals surface area contributed by atoms with E-state index in [2.05, 4.69) is 10.3 Å². The molecule has 0 radical (unpaired) electrons. The highest BCUT2D eigenvalue weighted by molar-refractivity contribution is 7.99. The first kappa shape index (κ1) is 16.2. The van der Waals surface area contributed by atoms with Crippen molar-refractivity contribution >= 4 is 39.7 Å². The van der Waals surface area contributed by atoms with E-state index in [1.165, 1.54) is 33.6 Å². The van der Waals surface area contributed by atoms with Crippen LogP contribution in [0.25, 0.3) is 4.96 Å². The van der Waals surface area contributed by atoms with Crippen molar-refractivity contribution in [2.45, 2.75) is 5.75 Å². The molecule has 0 aliphatic heterocycles. The molecule has 0 spiro atoms. The molecule has 1 amide bonds. The average molecular weight is 356 g/mol. The number of rotatable bonds is 5. The molecule has 1 aromatic carbocycles. The second kappa shape index (κ2) is 7.29. The molecular formula is C16H12N4O2S2. The molecule has 0 saturated carbocycles. The number of anilines is 1. The Balaban J connectivity index is 1.56. The molecule has 24 heavy (non-hydrogen) atoms. The van der Waals surface area contributed by atoms with Crippen LogP contribution in [0.3, 0.4) is 0 Å². The monoisotopic (exact) mass is 356 g/mol. The fourth-order valence-electron chi connectivity index (χ4n) is 2.07. The summed E-state index contributed by atoms with van der Waals surface area (Å²) >= 11 is 2.78. The third-order valence-electron chi connectivity index (χ3n) is 3.11. The van der Waals surface area contributed by atoms with Crippen LogP contribution in [0.5, 0.6) is 0 Å². The van der Waals surface area contributed by atoms with Gasteiger partial charge in [-0.25, -0.2) is 4.98 Å². The van der Waals surface area contributed by atoms with Crippen LogP contribution in [0.2, 0.25) is 0 Å². The van der Waals surface area contributed by atoms with Gasteiger partial charge in [-0.2, -0.15) is 5.26 Å². The second-order valence-electron chi connectivity index (χ2n) is 4.87. The first-order valence-electron chi connectivity index (χ1n) is 6.99. The summed E-state index contributed by atoms with van der Waals surface area (Å²) < 4.78 is 1.49. The molecule has 0 unspecified atom stereocenters. The van der Waals surface area contributed by atoms with Crippen LogP contribution in [0, 0.1) is 11.3 Å². The number of nitrogens with zero attached hydrogens (tertiary/aromatic N) is 3. The van der Waals surface area contributed by atoms with Crippen LogP contribution in [0.1, 0.15) is 11.3 Å². The highest BCUT2D eigenvalue weighted by atomic mass is 32.2. The Kier molecular flexibility index (Phi) is 4.93. The molecule has 2 aromatic heterocycles. The number of amides is 1. The van der Waals surface area contributed by atoms with Crippen molar-refractivity contribution in [2.24, 2.45) is 0 Å². The number of aromatic nitrogens is 2. The number of carbonyl (C=O) groups excluding carboxylic acids is 1. The van der Waals surface area contributed by atoms with Gasteiger partial charge in [0.2, 0.25) is 5.91 Å². The van der Waals surface area contributed by atoms with Gasteiger partial charge in [-0.3, -0.25) is 14.0 Å². The van der Waals surface area contributed by atoms with Crippen LogP contribution in [-0.2, 0) is 10.5 Å². The van der Waals surface area contributed by atoms with E-state index in [4.69, 9.17) is 5.26 Å². The smallest absolute Gasteiger partial charge is 0.258 e. The minimum atomic E-state index is -0.163. The third kappa shape index (κ3) is 3.82. The number of benzene rings is 1. The van der Waals surface area contributed by atoms with Crippen LogP contribution >= 0.6 is 23.1 Å². The SMILES string of the molecule is N#Cc1cccc(NC(=O)CSCc2cc(=O)n3ccsc3n2)c1. The Morgan fingerprint density at radius 2 is 2.29 bits per heavy atom. The lowest BCUT2D eigenvalue weighted by Crippen LogP contribution is -2.15. The van der Waals surface area contributed by atoms with Gasteiger partial charge in [0.15, 0.2) is 4.96 Å². The largest absolute Gasteiger partial charge is 0.325 e. The van der Waals surface area contributed by atoms with E-state index >= 15 is 0 Å². The minimum absolute atomic E-state index is 0.116. The summed E-state index contributed by atoms with van der Waals surface area (Å²) in [5.74, 6) is 0.557. The molecule has 120 valence electrons. The van der Waals surface area contributed by atoms with E-state index in [1.807, 2.05) is 11.4 Å². The van der Waals surface area contributed by atoms with Crippen molar-refractivity contribution in [3.63, 3.8) is 0 Å². The molecule has 2 heterocycles. The van der Waals surface area contributed by atoms with E-state index < -0.39 is 0 Å². The number of nitrogens with one attached hydrogen (secondary N) is 1. The lowest BCUT2D eigenvalue weighted by molar-refractivity contribution is -0.113. The van der Waals surface area contributed by atoms with Crippen molar-refractivity contribution in [3.8, 4) is 6.07 Å². The molecule has 8 heteroatoms. The van der Waals surface area contributed by atoms with E-state index in [9.17, 15) is 9.59 Å². The lowest BCUT2D eigenvalue weighted by Gasteiger charge is -2.05. The molecule has 0 aliphatic carbocycles. The number of nitriles is 1. The molecule has 0 atom stereocenters. The minimum Gasteiger partial charge on any atom is -0.325 e. The molecule has 3 rings (SSSR count). The van der Waals surface area contributed by atoms with Gasteiger partial charge in [0.05, 0.1) is 23.1 Å². The van der Waals surface area contributed by atoms with Crippen LogP contribution in [0.15, 0.2) is 46.7 Å². The highest BCUT2D eigenvalue weighted by Gasteiger charge is 2.07. The predicted molar refractivity (Wildman–Crippen MR) is 95.3 cm³/mol. The molecule has 0 bridgehead atoms. The number of carbonyl (C=O) groups is 1. The van der Waals surface area contributed by atoms with Gasteiger partial charge < -0.3 is 5.32 Å². The zero-order valence-corrected chi connectivity index (χ0v) is 14.1. The van der Waals surface area contributed by atoms with Crippen LogP contribution < -0.4 is 10.9 Å². The van der Waals surface area contributed by atoms with Gasteiger partial charge in [0.1, 0.15) is 0 Å². The maximum Gasteiger partial charge on any atom is 0.258 e. The van der Waals surface area contributed by atoms with Crippen molar-refractivity contribution in [2.75, 3.05) is 11.1 Å². The van der Waals surface area contributed by atoms with Gasteiger partial charge in [0, 0.05) is 29.1 Å². The maximum atomic E-state index is 11.9. The topological polar surface area (TPSA) is 87.3 Å². The number of fused-ring (bicyclic) bond motifs is 1. The van der Waals surface area contributed by atoms with Crippen LogP contribution in [-0.4, -0.2) is 21.0 Å². The third-order valence-corrected chi connectivity index (χ3v) is 4.84. The fourth-order valence-corrected chi connectivity index (χ4v) is 3.53. The summed E-state index contributed by atoms with van der Waals surface area (Å²) in [4.78, 5) is 28.9. The van der Waals surface area contributed by atoms with E-state index in [1.54, 1.807) is 30.5 Å². The molecule has 1 N–H and O–H groups in total. The normalized spacial score (nSPS) is 10.5. The first-order chi connectivity index (χ1) is 11.7. The van der Waals surface area contributed by atoms with Crippen molar-refractivity contribution in [3.05, 3.63) is 63.5 Å². The van der Waals surface area contributed by atoms with E-state index in [0.29, 0.717) is 27.7 Å². The molecule has 6 nitrogen and oxygen atoms in total. The number of hydrogen-bond donors (Lipinski definition) is 1. The standard InChI is InChI=1S/C16H12N4O2S2/c17-8-11-2-1-3-12(6-11)18-14(21)10-23-9-13-7-15(22)20-4-5-24-16(20)19-13/h1-7H,9-10H2,(H,18,21). The Labute approximate surface area is 145 Å². The summed E-state index contributed by atoms with van der Waals surface area (Å²) in [6.07, 6.45) is 1.69. The zero-order valence-electron chi connectivity index (χ0n) is 12.4. The summed E-state index contributed by atoms with van der Waals surface area (Å²) in [6, 6.07) is 10.3. The van der Waals surface area contributed by atoms with Crippen molar-refractivity contribution in [1.82, 2.24) is 9.38 Å². The maximum absolute atomic E-state index is 11.9. The molecule has 0 aliphatic rings. The van der Waals surface area contributed by atoms with Gasteiger partial charge in [-0.05, 0) is 18.2 Å². The fraction of sp³-hybridized carbons (Fsp3) is 0.125. The van der Waals surface area contributed by atoms with E-state index in [-0.39, 0.29) is 17.2 Å². The summed E-state index contributed by atoms with van der Waals surface area (Å²) in [6.45, 7) is 0. The number of thiazole rings is 1. The summed E-state index contributed by atoms with van der Waals surface area (Å²) in [7, 11) is 0. The van der Waals surface area contributed by atoms with Crippen LogP contribution in [0.4, 0.5) is 5.69 Å². The van der Waals surface area contributed by atoms with Gasteiger partial charge >= 0.3 is 0 Å². The van der Waals surface area contributed by atoms with E-state index in [0.717, 1.165) is 0 Å². The zero-order chi connectivity index (χ0) is 16.9. The summed E-state index contributed by atoms with van der Waals surface area (Å²) in [5, 5.41) is 13.4. The van der Waals surface area contributed by atoms with Crippen molar-refractivity contribution < 1.29 is 4.79 Å². The average Bonchev–Trinajstić information content (AvgIpc) is 3.04. The predicted octanol–water partition coefficient (Wildman–Crippen LogP) is 2.50. The van der Waals surface area contributed by atoms with Gasteiger partial charge in [-0.15, -0.1) is 23.1 Å². The Morgan fingerprint density at radius 1 is 1.42 bits per heavy atom.